The smallest absolute Gasteiger partial charge is 0.224 e. The fraction of sp³-hybridized carbons (Fsp3) is 0.611. The van der Waals surface area contributed by atoms with E-state index >= 15 is 0 Å². The maximum atomic E-state index is 12.1. The van der Waals surface area contributed by atoms with Gasteiger partial charge in [-0.15, -0.1) is 0 Å². The summed E-state index contributed by atoms with van der Waals surface area (Å²) >= 11 is 0. The molecule has 1 aromatic carbocycles. The summed E-state index contributed by atoms with van der Waals surface area (Å²) in [5.41, 5.74) is 2.20. The highest BCUT2D eigenvalue weighted by atomic mass is 16.7. The average molecular weight is 334 g/mol. The highest BCUT2D eigenvalue weighted by Crippen LogP contribution is 2.21. The first kappa shape index (κ1) is 17.2. The minimum atomic E-state index is -0.549. The summed E-state index contributed by atoms with van der Waals surface area (Å²) in [7, 11) is 0. The quantitative estimate of drug-likeness (QED) is 0.851. The Hall–Kier alpha value is -1.63. The van der Waals surface area contributed by atoms with E-state index in [0.29, 0.717) is 32.6 Å². The molecule has 2 saturated heterocycles. The van der Waals surface area contributed by atoms with Crippen molar-refractivity contribution in [1.29, 1.82) is 0 Å². The number of nitrogens with zero attached hydrogens (tertiary/aromatic N) is 1. The number of nitrogens with one attached hydrogen (secondary N) is 1. The van der Waals surface area contributed by atoms with Crippen LogP contribution in [0.15, 0.2) is 24.3 Å². The molecular weight excluding hydrogens is 308 g/mol. The summed E-state index contributed by atoms with van der Waals surface area (Å²) in [6.07, 6.45) is 1.05. The molecule has 1 aromatic rings. The molecular formula is C18H26N2O4. The van der Waals surface area contributed by atoms with Crippen LogP contribution in [0.25, 0.3) is 0 Å². The second kappa shape index (κ2) is 7.96. The monoisotopic (exact) mass is 334 g/mol. The molecule has 2 aliphatic heterocycles. The van der Waals surface area contributed by atoms with Gasteiger partial charge >= 0.3 is 0 Å². The molecule has 0 atom stereocenters. The maximum Gasteiger partial charge on any atom is 0.224 e. The van der Waals surface area contributed by atoms with Crippen LogP contribution < -0.4 is 10.2 Å². The molecule has 0 aliphatic carbocycles. The third-order valence-electron chi connectivity index (χ3n) is 4.48. The van der Waals surface area contributed by atoms with E-state index in [0.717, 1.165) is 31.9 Å². The van der Waals surface area contributed by atoms with Crippen molar-refractivity contribution in [2.24, 2.45) is 0 Å². The predicted molar refractivity (Wildman–Crippen MR) is 91.1 cm³/mol. The summed E-state index contributed by atoms with van der Waals surface area (Å²) in [5, 5.41) is 2.94. The highest BCUT2D eigenvalue weighted by molar-refractivity contribution is 5.78. The number of carbonyl (C=O) groups is 1. The highest BCUT2D eigenvalue weighted by Gasteiger charge is 2.30. The fourth-order valence-electron chi connectivity index (χ4n) is 3.02. The van der Waals surface area contributed by atoms with Crippen molar-refractivity contribution in [2.75, 3.05) is 51.0 Å². The molecule has 0 unspecified atom stereocenters. The Balaban J connectivity index is 1.42. The molecule has 6 nitrogen and oxygen atoms in total. The van der Waals surface area contributed by atoms with Gasteiger partial charge < -0.3 is 24.4 Å². The Morgan fingerprint density at radius 3 is 2.46 bits per heavy atom. The van der Waals surface area contributed by atoms with Gasteiger partial charge in [0.1, 0.15) is 0 Å². The van der Waals surface area contributed by atoms with E-state index in [9.17, 15) is 4.79 Å². The number of anilines is 1. The van der Waals surface area contributed by atoms with Crippen LogP contribution in [-0.4, -0.2) is 57.8 Å². The lowest BCUT2D eigenvalue weighted by atomic mass is 10.1. The first-order chi connectivity index (χ1) is 11.6. The fourth-order valence-corrected chi connectivity index (χ4v) is 3.02. The second-order valence-corrected chi connectivity index (χ2v) is 6.37. The van der Waals surface area contributed by atoms with Gasteiger partial charge in [0.15, 0.2) is 5.79 Å². The average Bonchev–Trinajstić information content (AvgIpc) is 3.03. The number of carbonyl (C=O) groups excluding carboxylic acids is 1. The number of hydrogen-bond acceptors (Lipinski definition) is 5. The molecule has 0 radical (unpaired) electrons. The molecule has 24 heavy (non-hydrogen) atoms. The van der Waals surface area contributed by atoms with Crippen LogP contribution in [0.4, 0.5) is 5.69 Å². The standard InChI is InChI=1S/C18H26N2O4/c1-18(23-12-13-24-18)6-7-19-17(21)14-15-2-4-16(5-3-15)20-8-10-22-11-9-20/h2-5H,6-14H2,1H3,(H,19,21). The zero-order valence-corrected chi connectivity index (χ0v) is 14.3. The van der Waals surface area contributed by atoms with E-state index in [-0.39, 0.29) is 5.91 Å². The number of benzene rings is 1. The van der Waals surface area contributed by atoms with Crippen LogP contribution in [-0.2, 0) is 25.4 Å². The van der Waals surface area contributed by atoms with Crippen LogP contribution in [0.5, 0.6) is 0 Å². The number of rotatable bonds is 6. The summed E-state index contributed by atoms with van der Waals surface area (Å²) in [5.74, 6) is -0.525. The zero-order chi connectivity index (χ0) is 16.8. The number of amides is 1. The van der Waals surface area contributed by atoms with Gasteiger partial charge in [0.05, 0.1) is 32.8 Å². The van der Waals surface area contributed by atoms with Gasteiger partial charge in [0.25, 0.3) is 0 Å². The van der Waals surface area contributed by atoms with Crippen molar-refractivity contribution in [3.8, 4) is 0 Å². The maximum absolute atomic E-state index is 12.1. The predicted octanol–water partition coefficient (Wildman–Crippen LogP) is 1.33. The number of ether oxygens (including phenoxy) is 3. The van der Waals surface area contributed by atoms with Gasteiger partial charge in [0, 0.05) is 31.7 Å². The molecule has 2 fully saturated rings. The minimum Gasteiger partial charge on any atom is -0.378 e. The first-order valence-corrected chi connectivity index (χ1v) is 8.61. The van der Waals surface area contributed by atoms with Crippen molar-refractivity contribution in [3.05, 3.63) is 29.8 Å². The molecule has 132 valence electrons. The molecule has 3 rings (SSSR count). The largest absolute Gasteiger partial charge is 0.378 e. The molecule has 0 spiro atoms. The molecule has 0 aromatic heterocycles. The lowest BCUT2D eigenvalue weighted by molar-refractivity contribution is -0.146. The van der Waals surface area contributed by atoms with Gasteiger partial charge in [-0.2, -0.15) is 0 Å². The number of morpholine rings is 1. The SMILES string of the molecule is CC1(CCNC(=O)Cc2ccc(N3CCOCC3)cc2)OCCO1. The Bertz CT molecular complexity index is 534. The molecule has 0 bridgehead atoms. The van der Waals surface area contributed by atoms with E-state index < -0.39 is 5.79 Å². The van der Waals surface area contributed by atoms with Crippen molar-refractivity contribution in [1.82, 2.24) is 5.32 Å². The first-order valence-electron chi connectivity index (χ1n) is 8.61. The van der Waals surface area contributed by atoms with Crippen LogP contribution in [0.3, 0.4) is 0 Å². The summed E-state index contributed by atoms with van der Waals surface area (Å²) in [6, 6.07) is 8.20. The molecule has 6 heteroatoms. The summed E-state index contributed by atoms with van der Waals surface area (Å²) in [6.45, 7) is 7.11. The number of hydrogen-bond donors (Lipinski definition) is 1. The van der Waals surface area contributed by atoms with Gasteiger partial charge in [-0.1, -0.05) is 12.1 Å². The van der Waals surface area contributed by atoms with Crippen molar-refractivity contribution < 1.29 is 19.0 Å². The molecule has 0 saturated carbocycles. The van der Waals surface area contributed by atoms with Crippen LogP contribution in [0.2, 0.25) is 0 Å². The van der Waals surface area contributed by atoms with E-state index in [4.69, 9.17) is 14.2 Å². The van der Waals surface area contributed by atoms with Crippen molar-refractivity contribution in [2.45, 2.75) is 25.6 Å². The zero-order valence-electron chi connectivity index (χ0n) is 14.3. The third-order valence-corrected chi connectivity index (χ3v) is 4.48. The van der Waals surface area contributed by atoms with Crippen LogP contribution >= 0.6 is 0 Å². The normalized spacial score (nSPS) is 20.1. The topological polar surface area (TPSA) is 60.0 Å². The lowest BCUT2D eigenvalue weighted by Crippen LogP contribution is -2.36. The Labute approximate surface area is 143 Å². The van der Waals surface area contributed by atoms with Crippen LogP contribution in [0, 0.1) is 0 Å². The summed E-state index contributed by atoms with van der Waals surface area (Å²) in [4.78, 5) is 14.4. The minimum absolute atomic E-state index is 0.0238. The van der Waals surface area contributed by atoms with Gasteiger partial charge in [0.2, 0.25) is 5.91 Å². The van der Waals surface area contributed by atoms with Crippen LogP contribution in [0.1, 0.15) is 18.9 Å². The van der Waals surface area contributed by atoms with Gasteiger partial charge in [-0.25, -0.2) is 0 Å². The van der Waals surface area contributed by atoms with Gasteiger partial charge in [-0.3, -0.25) is 4.79 Å². The Morgan fingerprint density at radius 2 is 1.79 bits per heavy atom. The van der Waals surface area contributed by atoms with E-state index in [1.807, 2.05) is 19.1 Å². The molecule has 1 N–H and O–H groups in total. The molecule has 2 aliphatic rings. The van der Waals surface area contributed by atoms with Gasteiger partial charge in [-0.05, 0) is 24.6 Å². The lowest BCUT2D eigenvalue weighted by Gasteiger charge is -2.28. The second-order valence-electron chi connectivity index (χ2n) is 6.37. The summed E-state index contributed by atoms with van der Waals surface area (Å²) < 4.78 is 16.4. The Morgan fingerprint density at radius 1 is 1.12 bits per heavy atom. The van der Waals surface area contributed by atoms with E-state index in [1.165, 1.54) is 5.69 Å². The van der Waals surface area contributed by atoms with Crippen molar-refractivity contribution >= 4 is 11.6 Å². The molecule has 1 amide bonds. The Kier molecular flexibility index (Phi) is 5.71. The van der Waals surface area contributed by atoms with E-state index in [1.54, 1.807) is 0 Å². The molecule has 2 heterocycles. The van der Waals surface area contributed by atoms with Crippen molar-refractivity contribution in [3.63, 3.8) is 0 Å². The van der Waals surface area contributed by atoms with E-state index in [2.05, 4.69) is 22.3 Å². The third kappa shape index (κ3) is 4.69.